The molecule has 0 bridgehead atoms. The predicted molar refractivity (Wildman–Crippen MR) is 74.2 cm³/mol. The number of sulfonamides is 1. The van der Waals surface area contributed by atoms with Crippen molar-refractivity contribution >= 4 is 21.7 Å². The second-order valence-corrected chi connectivity index (χ2v) is 6.05. The molecule has 0 saturated heterocycles. The van der Waals surface area contributed by atoms with Gasteiger partial charge in [0.1, 0.15) is 6.54 Å². The molecule has 0 aliphatic heterocycles. The van der Waals surface area contributed by atoms with Crippen LogP contribution in [0, 0.1) is 10.1 Å². The third-order valence-corrected chi connectivity index (χ3v) is 4.58. The Morgan fingerprint density at radius 1 is 1.38 bits per heavy atom. The van der Waals surface area contributed by atoms with Gasteiger partial charge in [0.2, 0.25) is 10.0 Å². The number of nitrogens with zero attached hydrogens (tertiary/aromatic N) is 2. The minimum absolute atomic E-state index is 0.0590. The first kappa shape index (κ1) is 17.1. The summed E-state index contributed by atoms with van der Waals surface area (Å²) in [6.07, 6.45) is 0.455. The highest BCUT2D eigenvalue weighted by molar-refractivity contribution is 7.89. The molecule has 0 fully saturated rings. The Hall–Kier alpha value is -2.00. The number of ether oxygens (including phenoxy) is 1. The van der Waals surface area contributed by atoms with Gasteiger partial charge in [-0.2, -0.15) is 4.31 Å². The van der Waals surface area contributed by atoms with Crippen LogP contribution in [0.2, 0.25) is 0 Å². The summed E-state index contributed by atoms with van der Waals surface area (Å²) < 4.78 is 30.4. The van der Waals surface area contributed by atoms with Crippen LogP contribution in [0.15, 0.2) is 29.2 Å². The Bertz CT molecular complexity index is 628. The zero-order chi connectivity index (χ0) is 16.0. The van der Waals surface area contributed by atoms with Crippen LogP contribution < -0.4 is 0 Å². The monoisotopic (exact) mass is 316 g/mol. The van der Waals surface area contributed by atoms with Gasteiger partial charge in [-0.05, 0) is 12.5 Å². The van der Waals surface area contributed by atoms with Gasteiger partial charge in [0, 0.05) is 12.6 Å². The Morgan fingerprint density at radius 2 is 2.00 bits per heavy atom. The van der Waals surface area contributed by atoms with Gasteiger partial charge in [-0.3, -0.25) is 14.9 Å². The number of benzene rings is 1. The standard InChI is InChI=1S/C12H16N2O6S/c1-3-8-13(9-12(15)20-2)21(18,19)11-7-5-4-6-10(11)14(16)17/h4-7H,3,8-9H2,1-2H3. The Kier molecular flexibility index (Phi) is 5.79. The fraction of sp³-hybridized carbons (Fsp3) is 0.417. The summed E-state index contributed by atoms with van der Waals surface area (Å²) >= 11 is 0. The van der Waals surface area contributed by atoms with E-state index in [0.717, 1.165) is 23.5 Å². The minimum Gasteiger partial charge on any atom is -0.468 e. The molecule has 0 unspecified atom stereocenters. The average Bonchev–Trinajstić information content (AvgIpc) is 2.46. The number of rotatable bonds is 7. The van der Waals surface area contributed by atoms with Crippen molar-refractivity contribution in [2.75, 3.05) is 20.2 Å². The van der Waals surface area contributed by atoms with Crippen LogP contribution in [0.25, 0.3) is 0 Å². The number of carbonyl (C=O) groups is 1. The molecule has 0 radical (unpaired) electrons. The van der Waals surface area contributed by atoms with Crippen LogP contribution in [-0.4, -0.2) is 43.8 Å². The highest BCUT2D eigenvalue weighted by atomic mass is 32.2. The lowest BCUT2D eigenvalue weighted by Gasteiger charge is -2.20. The van der Waals surface area contributed by atoms with Gasteiger partial charge < -0.3 is 4.74 Å². The third kappa shape index (κ3) is 3.99. The van der Waals surface area contributed by atoms with E-state index in [4.69, 9.17) is 0 Å². The fourth-order valence-corrected chi connectivity index (χ4v) is 3.34. The van der Waals surface area contributed by atoms with Crippen LogP contribution in [-0.2, 0) is 19.6 Å². The fourth-order valence-electron chi connectivity index (χ4n) is 1.71. The maximum atomic E-state index is 12.5. The van der Waals surface area contributed by atoms with Crippen molar-refractivity contribution in [1.82, 2.24) is 4.31 Å². The number of esters is 1. The van der Waals surface area contributed by atoms with Gasteiger partial charge in [-0.25, -0.2) is 8.42 Å². The molecule has 0 amide bonds. The summed E-state index contributed by atoms with van der Waals surface area (Å²) in [5.74, 6) is -0.731. The summed E-state index contributed by atoms with van der Waals surface area (Å²) in [4.78, 5) is 21.1. The van der Waals surface area contributed by atoms with Gasteiger partial charge in [0.05, 0.1) is 12.0 Å². The van der Waals surface area contributed by atoms with Gasteiger partial charge in [0.15, 0.2) is 4.90 Å². The van der Waals surface area contributed by atoms with Crippen molar-refractivity contribution in [2.24, 2.45) is 0 Å². The van der Waals surface area contributed by atoms with Crippen LogP contribution in [0.5, 0.6) is 0 Å². The quantitative estimate of drug-likeness (QED) is 0.424. The lowest BCUT2D eigenvalue weighted by atomic mass is 10.3. The number of nitro groups is 1. The molecule has 21 heavy (non-hydrogen) atoms. The SMILES string of the molecule is CCCN(CC(=O)OC)S(=O)(=O)c1ccccc1[N+](=O)[O-]. The van der Waals surface area contributed by atoms with Crippen molar-refractivity contribution in [3.63, 3.8) is 0 Å². The van der Waals surface area contributed by atoms with Crippen LogP contribution in [0.3, 0.4) is 0 Å². The van der Waals surface area contributed by atoms with Gasteiger partial charge in [-0.15, -0.1) is 0 Å². The molecular weight excluding hydrogens is 300 g/mol. The Morgan fingerprint density at radius 3 is 2.52 bits per heavy atom. The molecule has 0 atom stereocenters. The highest BCUT2D eigenvalue weighted by Gasteiger charge is 2.32. The van der Waals surface area contributed by atoms with E-state index < -0.39 is 38.0 Å². The molecule has 1 aromatic rings. The summed E-state index contributed by atoms with van der Waals surface area (Å²) in [5.41, 5.74) is -0.525. The number of methoxy groups -OCH3 is 1. The molecule has 8 nitrogen and oxygen atoms in total. The van der Waals surface area contributed by atoms with E-state index in [1.807, 2.05) is 0 Å². The largest absolute Gasteiger partial charge is 0.468 e. The molecule has 0 N–H and O–H groups in total. The van der Waals surface area contributed by atoms with Crippen molar-refractivity contribution in [3.8, 4) is 0 Å². The van der Waals surface area contributed by atoms with Crippen molar-refractivity contribution in [1.29, 1.82) is 0 Å². The number of hydrogen-bond acceptors (Lipinski definition) is 6. The summed E-state index contributed by atoms with van der Waals surface area (Å²) in [7, 11) is -3.01. The molecule has 0 heterocycles. The molecule has 9 heteroatoms. The van der Waals surface area contributed by atoms with Gasteiger partial charge >= 0.3 is 5.97 Å². The minimum atomic E-state index is -4.15. The Balaban J connectivity index is 3.29. The van der Waals surface area contributed by atoms with Crippen molar-refractivity contribution < 1.29 is 22.9 Å². The lowest BCUT2D eigenvalue weighted by Crippen LogP contribution is -2.37. The molecule has 1 aromatic carbocycles. The van der Waals surface area contributed by atoms with E-state index in [0.29, 0.717) is 6.42 Å². The predicted octanol–water partition coefficient (Wildman–Crippen LogP) is 1.17. The summed E-state index contributed by atoms with van der Waals surface area (Å²) in [6, 6.07) is 5.02. The smallest absolute Gasteiger partial charge is 0.321 e. The summed E-state index contributed by atoms with van der Waals surface area (Å²) in [6.45, 7) is 1.31. The zero-order valence-electron chi connectivity index (χ0n) is 11.7. The van der Waals surface area contributed by atoms with E-state index in [-0.39, 0.29) is 6.54 Å². The molecular formula is C12H16N2O6S. The second kappa shape index (κ2) is 7.14. The highest BCUT2D eigenvalue weighted by Crippen LogP contribution is 2.26. The van der Waals surface area contributed by atoms with Crippen LogP contribution in [0.1, 0.15) is 13.3 Å². The maximum absolute atomic E-state index is 12.5. The zero-order valence-corrected chi connectivity index (χ0v) is 12.5. The topological polar surface area (TPSA) is 107 Å². The molecule has 116 valence electrons. The van der Waals surface area contributed by atoms with E-state index in [1.165, 1.54) is 12.1 Å². The molecule has 0 spiro atoms. The number of hydrogen-bond donors (Lipinski definition) is 0. The normalized spacial score (nSPS) is 11.4. The summed E-state index contributed by atoms with van der Waals surface area (Å²) in [5, 5.41) is 11.0. The lowest BCUT2D eigenvalue weighted by molar-refractivity contribution is -0.387. The maximum Gasteiger partial charge on any atom is 0.321 e. The van der Waals surface area contributed by atoms with E-state index in [9.17, 15) is 23.3 Å². The van der Waals surface area contributed by atoms with E-state index in [1.54, 1.807) is 6.92 Å². The Labute approximate surface area is 122 Å². The van der Waals surface area contributed by atoms with Crippen LogP contribution in [0.4, 0.5) is 5.69 Å². The van der Waals surface area contributed by atoms with Gasteiger partial charge in [-0.1, -0.05) is 19.1 Å². The molecule has 0 aromatic heterocycles. The first-order valence-corrected chi connectivity index (χ1v) is 7.59. The molecule has 0 saturated carbocycles. The van der Waals surface area contributed by atoms with E-state index in [2.05, 4.69) is 4.74 Å². The first-order valence-electron chi connectivity index (χ1n) is 6.15. The molecule has 1 rings (SSSR count). The van der Waals surface area contributed by atoms with Gasteiger partial charge in [0.25, 0.3) is 5.69 Å². The number of carbonyl (C=O) groups excluding carboxylic acids is 1. The molecule has 0 aliphatic rings. The van der Waals surface area contributed by atoms with Crippen LogP contribution >= 0.6 is 0 Å². The average molecular weight is 316 g/mol. The van der Waals surface area contributed by atoms with E-state index >= 15 is 0 Å². The number of nitro benzene ring substituents is 1. The third-order valence-electron chi connectivity index (χ3n) is 2.69. The van der Waals surface area contributed by atoms with Crippen molar-refractivity contribution in [3.05, 3.63) is 34.4 Å². The molecule has 0 aliphatic carbocycles. The van der Waals surface area contributed by atoms with Crippen molar-refractivity contribution in [2.45, 2.75) is 18.2 Å². The second-order valence-electron chi connectivity index (χ2n) is 4.14. The number of para-hydroxylation sites is 1. The first-order chi connectivity index (χ1) is 9.84.